The first-order valence-corrected chi connectivity index (χ1v) is 32.4. The van der Waals surface area contributed by atoms with Crippen molar-refractivity contribution in [1.29, 1.82) is 0 Å². The highest BCUT2D eigenvalue weighted by Gasteiger charge is 2.64. The van der Waals surface area contributed by atoms with Crippen LogP contribution in [0.4, 0.5) is 17.6 Å². The van der Waals surface area contributed by atoms with Crippen molar-refractivity contribution >= 4 is 69.8 Å². The molecular weight excluding hydrogens is 1200 g/mol. The lowest BCUT2D eigenvalue weighted by atomic mass is 9.88. The molecule has 4 aliphatic rings. The molecule has 2 heterocycles. The van der Waals surface area contributed by atoms with Crippen LogP contribution in [-0.2, 0) is 78.7 Å². The fourth-order valence-electron chi connectivity index (χ4n) is 8.38. The molecule has 2 saturated carbocycles. The van der Waals surface area contributed by atoms with Gasteiger partial charge in [0.1, 0.15) is 36.3 Å². The van der Waals surface area contributed by atoms with Crippen molar-refractivity contribution in [1.82, 2.24) is 0 Å². The quantitative estimate of drug-likeness (QED) is 0.0169. The number of hydrogen-bond donors (Lipinski definition) is 0. The van der Waals surface area contributed by atoms with Gasteiger partial charge in [-0.2, -0.15) is 26.2 Å². The molecule has 22 heteroatoms. The molecule has 6 aromatic carbocycles. The lowest BCUT2D eigenvalue weighted by Gasteiger charge is -2.26. The predicted octanol–water partition coefficient (Wildman–Crippen LogP) is 15.0. The Bertz CT molecular complexity index is 2410. The zero-order valence-corrected chi connectivity index (χ0v) is 53.7. The number of ether oxygens (including phenoxy) is 4. The number of carbonyl (C=O) groups is 4. The van der Waals surface area contributed by atoms with Crippen molar-refractivity contribution in [3.05, 3.63) is 182 Å². The summed E-state index contributed by atoms with van der Waals surface area (Å²) in [4.78, 5) is 52.7. The third-order valence-corrected chi connectivity index (χ3v) is 16.9. The molecule has 14 nitrogen and oxygen atoms in total. The number of alkyl halides is 4. The van der Waals surface area contributed by atoms with Gasteiger partial charge in [0.25, 0.3) is 0 Å². The minimum absolute atomic E-state index is 0.00420. The van der Waals surface area contributed by atoms with Crippen molar-refractivity contribution in [2.24, 2.45) is 17.8 Å². The van der Waals surface area contributed by atoms with Gasteiger partial charge in [-0.15, -0.1) is 0 Å². The first kappa shape index (κ1) is 78.1. The summed E-state index contributed by atoms with van der Waals surface area (Å²) in [7, 11) is -0.0293. The second-order valence-corrected chi connectivity index (χ2v) is 21.8. The smallest absolute Gasteiger partial charge is 0.415 e. The normalized spacial score (nSPS) is 17.8. The van der Waals surface area contributed by atoms with Crippen LogP contribution < -0.4 is 10.5 Å². The maximum absolute atomic E-state index is 13.3. The highest BCUT2D eigenvalue weighted by molar-refractivity contribution is 7.97. The van der Waals surface area contributed by atoms with Crippen LogP contribution in [0.25, 0.3) is 0 Å². The fraction of sp³-hybridized carbons (Fsp3) is 0.375. The van der Waals surface area contributed by atoms with Gasteiger partial charge in [-0.3, -0.25) is 14.9 Å². The predicted molar refractivity (Wildman–Crippen MR) is 325 cm³/mol. The number of halogens is 4. The minimum Gasteiger partial charge on any atom is -0.691 e. The Kier molecular flexibility index (Phi) is 40.4. The Balaban J connectivity index is 0.000000542. The molecule has 2 bridgehead atoms. The van der Waals surface area contributed by atoms with Crippen LogP contribution in [-0.4, -0.2) is 59.3 Å². The number of esters is 4. The molecule has 0 spiro atoms. The molecule has 10 rings (SSSR count). The molecule has 0 radical (unpaired) electrons. The second kappa shape index (κ2) is 44.5. The Labute approximate surface area is 518 Å². The van der Waals surface area contributed by atoms with Crippen LogP contribution in [0.3, 0.4) is 0 Å². The number of carbonyl (C=O) groups excluding carboxylic acids is 4. The standard InChI is InChI=1S/2C18H15S.C10H10F2O7S.C6H6F2O7S.6C2H6/c2*1-4-10-16(11-5-1)19(17-12-6-2-7-13-17)18-14-8-3-9-15-18;11-10(12,20-19-18-15)9(14)17-6-3-1-4-5(2-3)8(13)16-7(4)6;7-6(8,16-15-14-11)5(10)13-3-1-2-12-4(3)9;6*1-2/h2*1-15H;3-7,15H,1-2H2;3,11H,1-2H2;6*1-2H3/q2*+1;;;;;;;;/p-2. The maximum atomic E-state index is 13.3. The highest BCUT2D eigenvalue weighted by atomic mass is 32.2. The third-order valence-electron chi connectivity index (χ3n) is 11.5. The second-order valence-electron chi connectivity index (χ2n) is 16.1. The summed E-state index contributed by atoms with van der Waals surface area (Å²) >= 11 is -1.56. The number of hydrogen-bond acceptors (Lipinski definition) is 16. The van der Waals surface area contributed by atoms with Gasteiger partial charge >= 0.3 is 34.4 Å². The first-order chi connectivity index (χ1) is 41.8. The first-order valence-electron chi connectivity index (χ1n) is 28.4. The van der Waals surface area contributed by atoms with E-state index in [2.05, 4.69) is 210 Å². The van der Waals surface area contributed by atoms with Crippen molar-refractivity contribution in [2.75, 3.05) is 6.61 Å². The fourth-order valence-corrected chi connectivity index (χ4v) is 13.0. The maximum Gasteiger partial charge on any atom is 0.415 e. The number of rotatable bonds is 16. The van der Waals surface area contributed by atoms with E-state index < -0.39 is 70.8 Å². The van der Waals surface area contributed by atoms with Crippen LogP contribution in [0.5, 0.6) is 0 Å². The highest BCUT2D eigenvalue weighted by Crippen LogP contribution is 2.56. The number of fused-ring (bicyclic) bond motifs is 1. The average Bonchev–Trinajstić information content (AvgIpc) is 1.73. The molecule has 4 fully saturated rings. The van der Waals surface area contributed by atoms with Gasteiger partial charge in [0, 0.05) is 18.3 Å². The van der Waals surface area contributed by atoms with E-state index >= 15 is 0 Å². The van der Waals surface area contributed by atoms with Gasteiger partial charge < -0.3 is 29.5 Å². The van der Waals surface area contributed by atoms with E-state index in [4.69, 9.17) is 9.47 Å². The monoisotopic (exact) mass is 1280 g/mol. The van der Waals surface area contributed by atoms with Crippen molar-refractivity contribution in [3.63, 3.8) is 0 Å². The molecule has 6 atom stereocenters. The van der Waals surface area contributed by atoms with Crippen molar-refractivity contribution < 1.29 is 84.9 Å². The molecule has 2 saturated heterocycles. The van der Waals surface area contributed by atoms with Crippen LogP contribution >= 0.6 is 24.1 Å². The molecule has 2 aliphatic heterocycles. The SMILES string of the molecule is CC.CC.CC.CC.CC.CC.O=C1OC2C3CC(CC13)C2OC(=O)C(F)(F)SOO[O-].O=C1OCCC1OC(=O)C(F)(F)SOO[O-].c1ccc([S+](c2ccccc2)c2ccccc2)cc1.c1ccc([S+](c2ccccc2)c2ccccc2)cc1. The van der Waals surface area contributed by atoms with Crippen molar-refractivity contribution in [2.45, 2.75) is 161 Å². The van der Waals surface area contributed by atoms with E-state index in [1.807, 2.05) is 83.1 Å². The molecule has 86 heavy (non-hydrogen) atoms. The summed E-state index contributed by atoms with van der Waals surface area (Å²) in [5, 5.41) is 16.0. The summed E-state index contributed by atoms with van der Waals surface area (Å²) < 4.78 is 77.2. The lowest BCUT2D eigenvalue weighted by Crippen LogP contribution is -2.40. The molecule has 6 unspecified atom stereocenters. The Morgan fingerprint density at radius 1 is 0.477 bits per heavy atom. The Morgan fingerprint density at radius 2 is 0.779 bits per heavy atom. The molecule has 0 aromatic heterocycles. The van der Waals surface area contributed by atoms with Crippen LogP contribution in [0, 0.1) is 17.8 Å². The summed E-state index contributed by atoms with van der Waals surface area (Å²) in [6, 6.07) is 64.3. The summed E-state index contributed by atoms with van der Waals surface area (Å²) in [5.74, 6) is -5.53. The summed E-state index contributed by atoms with van der Waals surface area (Å²) in [6.07, 6.45) is -1.76. The van der Waals surface area contributed by atoms with Crippen LogP contribution in [0.15, 0.2) is 211 Å². The van der Waals surface area contributed by atoms with Crippen LogP contribution in [0.1, 0.15) is 102 Å². The molecule has 6 aromatic rings. The van der Waals surface area contributed by atoms with Crippen molar-refractivity contribution in [3.8, 4) is 0 Å². The van der Waals surface area contributed by atoms with Gasteiger partial charge in [0.2, 0.25) is 6.10 Å². The summed E-state index contributed by atoms with van der Waals surface area (Å²) in [6.45, 7) is 24.0. The van der Waals surface area contributed by atoms with E-state index in [-0.39, 0.29) is 58.5 Å². The van der Waals surface area contributed by atoms with Gasteiger partial charge in [0.15, 0.2) is 29.4 Å². The van der Waals surface area contributed by atoms with E-state index in [1.54, 1.807) is 0 Å². The zero-order valence-electron chi connectivity index (χ0n) is 50.5. The number of cyclic esters (lactones) is 1. The van der Waals surface area contributed by atoms with Gasteiger partial charge in [0.05, 0.1) is 34.3 Å². The van der Waals surface area contributed by atoms with E-state index in [1.165, 1.54) is 29.4 Å². The Hall–Kier alpha value is -5.92. The minimum atomic E-state index is -4.15. The van der Waals surface area contributed by atoms with E-state index in [0.717, 1.165) is 0 Å². The average molecular weight is 1280 g/mol. The summed E-state index contributed by atoms with van der Waals surface area (Å²) in [5.41, 5.74) is 0. The molecular formula is C64H80F4O14S4. The van der Waals surface area contributed by atoms with E-state index in [0.29, 0.717) is 12.8 Å². The zero-order chi connectivity index (χ0) is 64.5. The molecule has 0 N–H and O–H groups in total. The van der Waals surface area contributed by atoms with Gasteiger partial charge in [-0.1, -0.05) is 192 Å². The Morgan fingerprint density at radius 3 is 1.06 bits per heavy atom. The van der Waals surface area contributed by atoms with Gasteiger partial charge in [-0.25, -0.2) is 14.4 Å². The van der Waals surface area contributed by atoms with Gasteiger partial charge in [-0.05, 0) is 85.6 Å². The number of benzene rings is 6. The molecule has 2 aliphatic carbocycles. The molecule has 0 amide bonds. The van der Waals surface area contributed by atoms with E-state index in [9.17, 15) is 47.3 Å². The largest absolute Gasteiger partial charge is 0.691 e. The molecule has 472 valence electrons. The topological polar surface area (TPSA) is 188 Å². The third kappa shape index (κ3) is 24.3. The van der Waals surface area contributed by atoms with Crippen LogP contribution in [0.2, 0.25) is 0 Å². The lowest BCUT2D eigenvalue weighted by molar-refractivity contribution is -0.777.